The van der Waals surface area contributed by atoms with Crippen molar-refractivity contribution in [1.82, 2.24) is 10.2 Å². The van der Waals surface area contributed by atoms with Crippen LogP contribution in [0, 0.1) is 6.92 Å². The highest BCUT2D eigenvalue weighted by atomic mass is 32.2. The number of aromatic nitrogens is 2. The Balaban J connectivity index is 2.31. The van der Waals surface area contributed by atoms with Gasteiger partial charge in [-0.3, -0.25) is 9.82 Å². The Morgan fingerprint density at radius 1 is 1.40 bits per heavy atom. The van der Waals surface area contributed by atoms with Crippen LogP contribution in [0.5, 0.6) is 0 Å². The van der Waals surface area contributed by atoms with E-state index in [9.17, 15) is 8.42 Å². The average molecular weight is 294 g/mol. The fraction of sp³-hybridized carbons (Fsp3) is 0.308. The van der Waals surface area contributed by atoms with E-state index >= 15 is 0 Å². The molecule has 20 heavy (non-hydrogen) atoms. The molecule has 2 aromatic rings. The highest BCUT2D eigenvalue weighted by Crippen LogP contribution is 2.24. The van der Waals surface area contributed by atoms with E-state index in [1.165, 1.54) is 0 Å². The SMILES string of the molecule is CCCc1cc(NS(=O)(=O)c2c(C)cccc2N)n[nH]1. The minimum Gasteiger partial charge on any atom is -0.398 e. The van der Waals surface area contributed by atoms with Gasteiger partial charge in [0.05, 0.1) is 5.69 Å². The van der Waals surface area contributed by atoms with E-state index in [4.69, 9.17) is 5.73 Å². The number of nitrogens with two attached hydrogens (primary N) is 1. The summed E-state index contributed by atoms with van der Waals surface area (Å²) in [5.41, 5.74) is 7.48. The number of nitrogen functional groups attached to an aromatic ring is 1. The molecule has 1 heterocycles. The van der Waals surface area contributed by atoms with E-state index in [1.807, 2.05) is 6.92 Å². The molecule has 0 amide bonds. The van der Waals surface area contributed by atoms with Gasteiger partial charge in [-0.1, -0.05) is 25.5 Å². The van der Waals surface area contributed by atoms with Crippen LogP contribution < -0.4 is 10.5 Å². The number of hydrogen-bond donors (Lipinski definition) is 3. The van der Waals surface area contributed by atoms with E-state index in [2.05, 4.69) is 14.9 Å². The molecule has 0 bridgehead atoms. The fourth-order valence-corrected chi connectivity index (χ4v) is 3.39. The molecule has 7 heteroatoms. The second-order valence-corrected chi connectivity index (χ2v) is 6.25. The Kier molecular flexibility index (Phi) is 3.99. The third kappa shape index (κ3) is 2.93. The van der Waals surface area contributed by atoms with Gasteiger partial charge in [-0.2, -0.15) is 5.10 Å². The number of aryl methyl sites for hydroxylation is 2. The van der Waals surface area contributed by atoms with Crippen LogP contribution in [0.15, 0.2) is 29.2 Å². The van der Waals surface area contributed by atoms with Gasteiger partial charge in [-0.15, -0.1) is 0 Å². The van der Waals surface area contributed by atoms with Crippen molar-refractivity contribution < 1.29 is 8.42 Å². The van der Waals surface area contributed by atoms with Crippen molar-refractivity contribution in [2.75, 3.05) is 10.5 Å². The summed E-state index contributed by atoms with van der Waals surface area (Å²) in [6.45, 7) is 3.75. The first-order valence-electron chi connectivity index (χ1n) is 6.36. The van der Waals surface area contributed by atoms with Crippen molar-refractivity contribution in [3.8, 4) is 0 Å². The molecule has 0 aliphatic rings. The fourth-order valence-electron chi connectivity index (χ4n) is 2.04. The normalized spacial score (nSPS) is 11.5. The maximum atomic E-state index is 12.4. The van der Waals surface area contributed by atoms with Gasteiger partial charge < -0.3 is 5.73 Å². The Bertz CT molecular complexity index is 687. The number of H-pyrrole nitrogens is 1. The monoisotopic (exact) mass is 294 g/mol. The first-order valence-corrected chi connectivity index (χ1v) is 7.84. The maximum absolute atomic E-state index is 12.4. The molecule has 4 N–H and O–H groups in total. The minimum absolute atomic E-state index is 0.0973. The van der Waals surface area contributed by atoms with Gasteiger partial charge >= 0.3 is 0 Å². The molecule has 0 fully saturated rings. The van der Waals surface area contributed by atoms with Crippen molar-refractivity contribution in [1.29, 1.82) is 0 Å². The first kappa shape index (κ1) is 14.4. The number of aromatic amines is 1. The number of nitrogens with one attached hydrogen (secondary N) is 2. The predicted octanol–water partition coefficient (Wildman–Crippen LogP) is 2.05. The van der Waals surface area contributed by atoms with Crippen LogP contribution in [-0.2, 0) is 16.4 Å². The van der Waals surface area contributed by atoms with Crippen LogP contribution in [-0.4, -0.2) is 18.6 Å². The summed E-state index contributed by atoms with van der Waals surface area (Å²) in [6, 6.07) is 6.68. The molecule has 108 valence electrons. The summed E-state index contributed by atoms with van der Waals surface area (Å²) >= 11 is 0. The molecular weight excluding hydrogens is 276 g/mol. The first-order chi connectivity index (χ1) is 9.44. The summed E-state index contributed by atoms with van der Waals surface area (Å²) in [7, 11) is -3.73. The summed E-state index contributed by atoms with van der Waals surface area (Å²) < 4.78 is 27.2. The third-order valence-electron chi connectivity index (χ3n) is 2.90. The lowest BCUT2D eigenvalue weighted by atomic mass is 10.2. The van der Waals surface area contributed by atoms with Crippen LogP contribution in [0.1, 0.15) is 24.6 Å². The quantitative estimate of drug-likeness (QED) is 0.735. The molecule has 6 nitrogen and oxygen atoms in total. The summed E-state index contributed by atoms with van der Waals surface area (Å²) in [5.74, 6) is 0.274. The largest absolute Gasteiger partial charge is 0.398 e. The Labute approximate surface area is 118 Å². The molecule has 0 aliphatic carbocycles. The molecule has 0 saturated heterocycles. The second kappa shape index (κ2) is 5.54. The Morgan fingerprint density at radius 3 is 2.80 bits per heavy atom. The van der Waals surface area contributed by atoms with Crippen LogP contribution >= 0.6 is 0 Å². The zero-order valence-electron chi connectivity index (χ0n) is 11.5. The zero-order chi connectivity index (χ0) is 14.8. The van der Waals surface area contributed by atoms with Crippen molar-refractivity contribution in [2.24, 2.45) is 0 Å². The van der Waals surface area contributed by atoms with Crippen LogP contribution in [0.2, 0.25) is 0 Å². The molecule has 0 spiro atoms. The number of hydrogen-bond acceptors (Lipinski definition) is 4. The molecule has 0 radical (unpaired) electrons. The highest BCUT2D eigenvalue weighted by Gasteiger charge is 2.21. The number of nitrogens with zero attached hydrogens (tertiary/aromatic N) is 1. The van der Waals surface area contributed by atoms with Crippen LogP contribution in [0.3, 0.4) is 0 Å². The summed E-state index contributed by atoms with van der Waals surface area (Å²) in [5, 5.41) is 6.75. The van der Waals surface area contributed by atoms with Gasteiger partial charge in [0.2, 0.25) is 0 Å². The lowest BCUT2D eigenvalue weighted by Gasteiger charge is -2.10. The predicted molar refractivity (Wildman–Crippen MR) is 79.0 cm³/mol. The van der Waals surface area contributed by atoms with Gasteiger partial charge in [0.25, 0.3) is 10.0 Å². The Morgan fingerprint density at radius 2 is 2.15 bits per heavy atom. The van der Waals surface area contributed by atoms with Crippen LogP contribution in [0.25, 0.3) is 0 Å². The topological polar surface area (TPSA) is 101 Å². The van der Waals surface area contributed by atoms with Crippen molar-refractivity contribution in [2.45, 2.75) is 31.6 Å². The number of benzene rings is 1. The summed E-state index contributed by atoms with van der Waals surface area (Å²) in [4.78, 5) is 0.0973. The van der Waals surface area contributed by atoms with Crippen LogP contribution in [0.4, 0.5) is 11.5 Å². The lowest BCUT2D eigenvalue weighted by molar-refractivity contribution is 0.601. The summed E-state index contributed by atoms with van der Waals surface area (Å²) in [6.07, 6.45) is 1.78. The minimum atomic E-state index is -3.73. The van der Waals surface area contributed by atoms with Crippen molar-refractivity contribution in [3.05, 3.63) is 35.5 Å². The molecule has 1 aromatic carbocycles. The van der Waals surface area contributed by atoms with Gasteiger partial charge in [-0.25, -0.2) is 8.42 Å². The van der Waals surface area contributed by atoms with E-state index in [0.717, 1.165) is 18.5 Å². The van der Waals surface area contributed by atoms with Gasteiger partial charge in [-0.05, 0) is 25.0 Å². The highest BCUT2D eigenvalue weighted by molar-refractivity contribution is 7.93. The number of sulfonamides is 1. The Hall–Kier alpha value is -2.02. The zero-order valence-corrected chi connectivity index (χ0v) is 12.3. The molecule has 0 aliphatic heterocycles. The third-order valence-corrected chi connectivity index (χ3v) is 4.47. The molecule has 0 atom stereocenters. The maximum Gasteiger partial charge on any atom is 0.265 e. The van der Waals surface area contributed by atoms with E-state index < -0.39 is 10.0 Å². The van der Waals surface area contributed by atoms with E-state index in [1.54, 1.807) is 31.2 Å². The molecular formula is C13H18N4O2S. The number of rotatable bonds is 5. The standard InChI is InChI=1S/C13H18N4O2S/c1-3-5-10-8-12(16-15-10)17-20(18,19)13-9(2)6-4-7-11(13)14/h4,6-8H,3,5,14H2,1-2H3,(H2,15,16,17). The molecule has 0 unspecified atom stereocenters. The van der Waals surface area contributed by atoms with Crippen molar-refractivity contribution >= 4 is 21.5 Å². The van der Waals surface area contributed by atoms with Crippen molar-refractivity contribution in [3.63, 3.8) is 0 Å². The smallest absolute Gasteiger partial charge is 0.265 e. The molecule has 1 aromatic heterocycles. The van der Waals surface area contributed by atoms with E-state index in [0.29, 0.717) is 5.56 Å². The lowest BCUT2D eigenvalue weighted by Crippen LogP contribution is -2.16. The molecule has 0 saturated carbocycles. The van der Waals surface area contributed by atoms with E-state index in [-0.39, 0.29) is 16.4 Å². The number of anilines is 2. The second-order valence-electron chi connectivity index (χ2n) is 4.63. The average Bonchev–Trinajstić information content (AvgIpc) is 2.75. The molecule has 2 rings (SSSR count). The van der Waals surface area contributed by atoms with Gasteiger partial charge in [0.1, 0.15) is 4.90 Å². The van der Waals surface area contributed by atoms with Gasteiger partial charge in [0, 0.05) is 11.8 Å². The van der Waals surface area contributed by atoms with Gasteiger partial charge in [0.15, 0.2) is 5.82 Å².